The summed E-state index contributed by atoms with van der Waals surface area (Å²) >= 11 is 1.26. The Morgan fingerprint density at radius 1 is 1.16 bits per heavy atom. The second-order valence-corrected chi connectivity index (χ2v) is 7.09. The molecule has 2 heterocycles. The quantitative estimate of drug-likeness (QED) is 0.497. The van der Waals surface area contributed by atoms with Gasteiger partial charge in [0.25, 0.3) is 11.1 Å². The summed E-state index contributed by atoms with van der Waals surface area (Å²) in [6.45, 7) is 1.84. The molecule has 1 aliphatic rings. The highest BCUT2D eigenvalue weighted by Gasteiger charge is 2.16. The van der Waals surface area contributed by atoms with Gasteiger partial charge >= 0.3 is 0 Å². The number of hydrogen-bond acceptors (Lipinski definition) is 6. The molecular formula is C19H18N2O3S. The van der Waals surface area contributed by atoms with Gasteiger partial charge in [-0.3, -0.25) is 4.79 Å². The zero-order valence-corrected chi connectivity index (χ0v) is 14.8. The fourth-order valence-electron chi connectivity index (χ4n) is 3.10. The zero-order valence-electron chi connectivity index (χ0n) is 13.9. The topological polar surface area (TPSA) is 69.1 Å². The number of carbonyl (C=O) groups is 1. The van der Waals surface area contributed by atoms with Crippen molar-refractivity contribution in [3.05, 3.63) is 53.0 Å². The van der Waals surface area contributed by atoms with Crippen molar-refractivity contribution in [1.82, 2.24) is 10.2 Å². The normalized spacial score (nSPS) is 13.6. The lowest BCUT2D eigenvalue weighted by atomic mass is 9.90. The molecule has 0 aliphatic heterocycles. The van der Waals surface area contributed by atoms with Crippen molar-refractivity contribution < 1.29 is 13.6 Å². The molecule has 0 N–H and O–H groups in total. The maximum atomic E-state index is 12.5. The van der Waals surface area contributed by atoms with Crippen LogP contribution < -0.4 is 0 Å². The van der Waals surface area contributed by atoms with E-state index >= 15 is 0 Å². The van der Waals surface area contributed by atoms with Crippen LogP contribution in [0.2, 0.25) is 0 Å². The van der Waals surface area contributed by atoms with Crippen molar-refractivity contribution in [3.63, 3.8) is 0 Å². The van der Waals surface area contributed by atoms with Gasteiger partial charge < -0.3 is 8.83 Å². The van der Waals surface area contributed by atoms with Crippen LogP contribution in [0.25, 0.3) is 11.5 Å². The van der Waals surface area contributed by atoms with Crippen LogP contribution in [0.15, 0.2) is 44.6 Å². The number of fused-ring (bicyclic) bond motifs is 1. The summed E-state index contributed by atoms with van der Waals surface area (Å²) in [4.78, 5) is 12.5. The van der Waals surface area contributed by atoms with Gasteiger partial charge in [0.15, 0.2) is 5.78 Å². The number of benzene rings is 1. The molecule has 0 saturated carbocycles. The van der Waals surface area contributed by atoms with Crippen molar-refractivity contribution in [2.45, 2.75) is 37.8 Å². The second kappa shape index (κ2) is 6.88. The van der Waals surface area contributed by atoms with Gasteiger partial charge in [-0.2, -0.15) is 0 Å². The van der Waals surface area contributed by atoms with E-state index in [1.54, 1.807) is 12.3 Å². The number of rotatable bonds is 5. The number of furan rings is 1. The average Bonchev–Trinajstić information content (AvgIpc) is 3.27. The van der Waals surface area contributed by atoms with Crippen LogP contribution in [-0.4, -0.2) is 21.7 Å². The van der Waals surface area contributed by atoms with E-state index in [2.05, 4.69) is 16.3 Å². The van der Waals surface area contributed by atoms with Crippen LogP contribution in [0.4, 0.5) is 0 Å². The summed E-state index contributed by atoms with van der Waals surface area (Å²) in [6, 6.07) is 7.86. The first-order chi connectivity index (χ1) is 12.2. The number of aryl methyl sites for hydroxylation is 3. The molecule has 6 heteroatoms. The molecule has 0 radical (unpaired) electrons. The molecule has 128 valence electrons. The van der Waals surface area contributed by atoms with E-state index in [9.17, 15) is 4.79 Å². The van der Waals surface area contributed by atoms with Crippen molar-refractivity contribution in [3.8, 4) is 11.5 Å². The zero-order chi connectivity index (χ0) is 17.2. The second-order valence-electron chi connectivity index (χ2n) is 6.17. The average molecular weight is 354 g/mol. The van der Waals surface area contributed by atoms with Crippen LogP contribution >= 0.6 is 11.8 Å². The monoisotopic (exact) mass is 354 g/mol. The van der Waals surface area contributed by atoms with Crippen LogP contribution in [-0.2, 0) is 12.8 Å². The summed E-state index contributed by atoms with van der Waals surface area (Å²) in [5, 5.41) is 8.41. The van der Waals surface area contributed by atoms with Crippen LogP contribution in [0.5, 0.6) is 0 Å². The molecule has 0 unspecified atom stereocenters. The van der Waals surface area contributed by atoms with Gasteiger partial charge in [-0.1, -0.05) is 23.9 Å². The van der Waals surface area contributed by atoms with E-state index < -0.39 is 0 Å². The number of Topliss-reactive ketones (excluding diaryl/α,β-unsaturated/α-hetero) is 1. The highest BCUT2D eigenvalue weighted by molar-refractivity contribution is 7.99. The molecule has 0 fully saturated rings. The molecule has 1 aliphatic carbocycles. The van der Waals surface area contributed by atoms with Gasteiger partial charge in [0.1, 0.15) is 5.76 Å². The van der Waals surface area contributed by atoms with Crippen molar-refractivity contribution in [2.75, 3.05) is 5.75 Å². The van der Waals surface area contributed by atoms with Gasteiger partial charge in [0.2, 0.25) is 0 Å². The van der Waals surface area contributed by atoms with Crippen LogP contribution in [0.3, 0.4) is 0 Å². The fraction of sp³-hybridized carbons (Fsp3) is 0.316. The third-order valence-electron chi connectivity index (χ3n) is 4.49. The summed E-state index contributed by atoms with van der Waals surface area (Å²) in [7, 11) is 0. The minimum atomic E-state index is 0.0811. The molecule has 0 bridgehead atoms. The lowest BCUT2D eigenvalue weighted by Gasteiger charge is -2.16. The molecule has 0 amide bonds. The predicted octanol–water partition coefficient (Wildman–Crippen LogP) is 4.49. The summed E-state index contributed by atoms with van der Waals surface area (Å²) in [5.41, 5.74) is 4.24. The van der Waals surface area contributed by atoms with E-state index in [-0.39, 0.29) is 11.5 Å². The van der Waals surface area contributed by atoms with Gasteiger partial charge in [-0.25, -0.2) is 0 Å². The number of hydrogen-bond donors (Lipinski definition) is 0. The minimum absolute atomic E-state index is 0.0811. The van der Waals surface area contributed by atoms with Crippen LogP contribution in [0, 0.1) is 6.92 Å². The maximum absolute atomic E-state index is 12.5. The molecule has 0 spiro atoms. The molecule has 1 aromatic carbocycles. The summed E-state index contributed by atoms with van der Waals surface area (Å²) < 4.78 is 10.9. The summed E-state index contributed by atoms with van der Waals surface area (Å²) in [5.74, 6) is 1.50. The SMILES string of the molecule is Cc1occc1-c1nnc(SCC(=O)c2ccc3c(c2)CCCC3)o1. The molecule has 4 rings (SSSR count). The van der Waals surface area contributed by atoms with Gasteiger partial charge in [0, 0.05) is 5.56 Å². The first-order valence-corrected chi connectivity index (χ1v) is 9.35. The van der Waals surface area contributed by atoms with E-state index in [4.69, 9.17) is 8.83 Å². The van der Waals surface area contributed by atoms with E-state index in [0.29, 0.717) is 11.1 Å². The van der Waals surface area contributed by atoms with Gasteiger partial charge in [-0.15, -0.1) is 10.2 Å². The number of nitrogens with zero attached hydrogens (tertiary/aromatic N) is 2. The van der Waals surface area contributed by atoms with Gasteiger partial charge in [-0.05, 0) is 55.9 Å². The lowest BCUT2D eigenvalue weighted by molar-refractivity contribution is 0.102. The lowest BCUT2D eigenvalue weighted by Crippen LogP contribution is -2.07. The molecule has 25 heavy (non-hydrogen) atoms. The fourth-order valence-corrected chi connectivity index (χ4v) is 3.76. The molecule has 5 nitrogen and oxygen atoms in total. The largest absolute Gasteiger partial charge is 0.469 e. The van der Waals surface area contributed by atoms with Crippen molar-refractivity contribution in [2.24, 2.45) is 0 Å². The number of ketones is 1. The van der Waals surface area contributed by atoms with Crippen molar-refractivity contribution in [1.29, 1.82) is 0 Å². The molecule has 0 saturated heterocycles. The van der Waals surface area contributed by atoms with E-state index in [1.807, 2.05) is 19.1 Å². The Hall–Kier alpha value is -2.34. The molecule has 3 aromatic rings. The third-order valence-corrected chi connectivity index (χ3v) is 5.31. The first-order valence-electron chi connectivity index (χ1n) is 8.36. The minimum Gasteiger partial charge on any atom is -0.469 e. The number of aromatic nitrogens is 2. The summed E-state index contributed by atoms with van der Waals surface area (Å²) in [6.07, 6.45) is 6.22. The maximum Gasteiger partial charge on any atom is 0.277 e. The Balaban J connectivity index is 1.42. The molecule has 2 aromatic heterocycles. The first kappa shape index (κ1) is 16.1. The van der Waals surface area contributed by atoms with Crippen molar-refractivity contribution >= 4 is 17.5 Å². The highest BCUT2D eigenvalue weighted by Crippen LogP contribution is 2.27. The predicted molar refractivity (Wildman–Crippen MR) is 94.9 cm³/mol. The Bertz CT molecular complexity index is 913. The third kappa shape index (κ3) is 3.39. The molecule has 0 atom stereocenters. The Morgan fingerprint density at radius 2 is 2.00 bits per heavy atom. The van der Waals surface area contributed by atoms with Crippen LogP contribution in [0.1, 0.15) is 40.1 Å². The smallest absolute Gasteiger partial charge is 0.277 e. The standard InChI is InChI=1S/C19H18N2O3S/c1-12-16(8-9-23-12)18-20-21-19(24-18)25-11-17(22)15-7-6-13-4-2-3-5-14(13)10-15/h6-10H,2-5,11H2,1H3. The Kier molecular flexibility index (Phi) is 4.44. The Morgan fingerprint density at radius 3 is 2.80 bits per heavy atom. The van der Waals surface area contributed by atoms with Gasteiger partial charge in [0.05, 0.1) is 17.6 Å². The molecular weight excluding hydrogens is 336 g/mol. The Labute approximate surface area is 149 Å². The number of carbonyl (C=O) groups excluding carboxylic acids is 1. The van der Waals surface area contributed by atoms with E-state index in [0.717, 1.165) is 29.7 Å². The van der Waals surface area contributed by atoms with E-state index in [1.165, 1.54) is 35.7 Å². The highest BCUT2D eigenvalue weighted by atomic mass is 32.2. The number of thioether (sulfide) groups is 1.